The van der Waals surface area contributed by atoms with Crippen molar-refractivity contribution in [3.8, 4) is 0 Å². The Kier molecular flexibility index (Phi) is 4.90. The van der Waals surface area contributed by atoms with Gasteiger partial charge in [-0.1, -0.05) is 29.4 Å². The van der Waals surface area contributed by atoms with Gasteiger partial charge in [0.25, 0.3) is 0 Å². The highest BCUT2D eigenvalue weighted by molar-refractivity contribution is 5.32. The third-order valence-corrected chi connectivity index (χ3v) is 4.42. The van der Waals surface area contributed by atoms with Gasteiger partial charge in [0.05, 0.1) is 5.69 Å². The second-order valence-corrected chi connectivity index (χ2v) is 6.08. The number of benzene rings is 1. The standard InChI is InChI=1S/C18H24N2O2/c1-14-12-16(19-22-14)13-20(10-5-11-21)18-9-4-7-15-6-2-3-8-17(15)18/h2-3,6,8,12,18,21H,4-5,7,9-11,13H2,1H3. The van der Waals surface area contributed by atoms with Gasteiger partial charge in [0.2, 0.25) is 0 Å². The lowest BCUT2D eigenvalue weighted by molar-refractivity contribution is 0.148. The molecule has 1 heterocycles. The summed E-state index contributed by atoms with van der Waals surface area (Å²) in [7, 11) is 0. The first-order valence-electron chi connectivity index (χ1n) is 8.13. The first kappa shape index (κ1) is 15.3. The summed E-state index contributed by atoms with van der Waals surface area (Å²) in [5, 5.41) is 13.4. The van der Waals surface area contributed by atoms with E-state index in [4.69, 9.17) is 4.52 Å². The second-order valence-electron chi connectivity index (χ2n) is 6.08. The number of aryl methyl sites for hydroxylation is 2. The molecule has 0 spiro atoms. The Hall–Kier alpha value is -1.65. The Labute approximate surface area is 131 Å². The normalized spacial score (nSPS) is 17.7. The molecular weight excluding hydrogens is 276 g/mol. The van der Waals surface area contributed by atoms with E-state index in [1.54, 1.807) is 0 Å². The molecule has 4 nitrogen and oxygen atoms in total. The number of fused-ring (bicyclic) bond motifs is 1. The van der Waals surface area contributed by atoms with Gasteiger partial charge in [0.1, 0.15) is 5.76 Å². The van der Waals surface area contributed by atoms with E-state index < -0.39 is 0 Å². The highest BCUT2D eigenvalue weighted by Crippen LogP contribution is 2.35. The summed E-state index contributed by atoms with van der Waals surface area (Å²) in [5.41, 5.74) is 3.87. The van der Waals surface area contributed by atoms with Crippen molar-refractivity contribution in [2.45, 2.75) is 45.2 Å². The zero-order valence-corrected chi connectivity index (χ0v) is 13.2. The first-order valence-corrected chi connectivity index (χ1v) is 8.13. The molecule has 4 heteroatoms. The van der Waals surface area contributed by atoms with Crippen LogP contribution in [0.15, 0.2) is 34.9 Å². The van der Waals surface area contributed by atoms with Crippen LogP contribution in [-0.4, -0.2) is 28.3 Å². The summed E-state index contributed by atoms with van der Waals surface area (Å²) in [5.74, 6) is 0.848. The smallest absolute Gasteiger partial charge is 0.133 e. The van der Waals surface area contributed by atoms with E-state index in [-0.39, 0.29) is 6.61 Å². The molecule has 0 saturated carbocycles. The van der Waals surface area contributed by atoms with Crippen LogP contribution in [0.4, 0.5) is 0 Å². The Morgan fingerprint density at radius 3 is 3.00 bits per heavy atom. The number of rotatable bonds is 6. The van der Waals surface area contributed by atoms with Gasteiger partial charge < -0.3 is 9.63 Å². The molecule has 118 valence electrons. The van der Waals surface area contributed by atoms with E-state index >= 15 is 0 Å². The van der Waals surface area contributed by atoms with Crippen molar-refractivity contribution in [3.63, 3.8) is 0 Å². The Bertz CT molecular complexity index is 609. The quantitative estimate of drug-likeness (QED) is 0.889. The predicted molar refractivity (Wildman–Crippen MR) is 85.5 cm³/mol. The number of aromatic nitrogens is 1. The predicted octanol–water partition coefficient (Wildman–Crippen LogP) is 3.25. The molecule has 0 radical (unpaired) electrons. The molecule has 1 aliphatic carbocycles. The molecule has 22 heavy (non-hydrogen) atoms. The monoisotopic (exact) mass is 300 g/mol. The van der Waals surface area contributed by atoms with Gasteiger partial charge in [-0.3, -0.25) is 4.90 Å². The van der Waals surface area contributed by atoms with Gasteiger partial charge in [-0.15, -0.1) is 0 Å². The number of aliphatic hydroxyl groups excluding tert-OH is 1. The molecule has 1 aromatic carbocycles. The maximum Gasteiger partial charge on any atom is 0.133 e. The van der Waals surface area contributed by atoms with Gasteiger partial charge >= 0.3 is 0 Å². The molecule has 1 atom stereocenters. The van der Waals surface area contributed by atoms with Gasteiger partial charge in [-0.2, -0.15) is 0 Å². The van der Waals surface area contributed by atoms with Crippen molar-refractivity contribution < 1.29 is 9.63 Å². The molecule has 1 unspecified atom stereocenters. The number of nitrogens with zero attached hydrogens (tertiary/aromatic N) is 2. The minimum atomic E-state index is 0.225. The molecule has 3 rings (SSSR count). The Morgan fingerprint density at radius 2 is 2.23 bits per heavy atom. The highest BCUT2D eigenvalue weighted by atomic mass is 16.5. The minimum Gasteiger partial charge on any atom is -0.396 e. The molecule has 0 saturated heterocycles. The summed E-state index contributed by atoms with van der Waals surface area (Å²) in [6.45, 7) is 3.80. The molecule has 1 aromatic heterocycles. The lowest BCUT2D eigenvalue weighted by atomic mass is 9.86. The molecular formula is C18H24N2O2. The van der Waals surface area contributed by atoms with Crippen molar-refractivity contribution in [3.05, 3.63) is 52.9 Å². The molecule has 0 amide bonds. The Morgan fingerprint density at radius 1 is 1.36 bits per heavy atom. The van der Waals surface area contributed by atoms with Crippen molar-refractivity contribution in [1.29, 1.82) is 0 Å². The molecule has 0 fully saturated rings. The molecule has 0 aliphatic heterocycles. The summed E-state index contributed by atoms with van der Waals surface area (Å²) in [6, 6.07) is 11.2. The average molecular weight is 300 g/mol. The number of hydrogen-bond acceptors (Lipinski definition) is 4. The fraction of sp³-hybridized carbons (Fsp3) is 0.500. The van der Waals surface area contributed by atoms with Crippen molar-refractivity contribution >= 4 is 0 Å². The third kappa shape index (κ3) is 3.39. The fourth-order valence-corrected chi connectivity index (χ4v) is 3.43. The largest absolute Gasteiger partial charge is 0.396 e. The summed E-state index contributed by atoms with van der Waals surface area (Å²) in [4.78, 5) is 2.44. The van der Waals surface area contributed by atoms with Crippen molar-refractivity contribution in [2.24, 2.45) is 0 Å². The number of aliphatic hydroxyl groups is 1. The lowest BCUT2D eigenvalue weighted by Crippen LogP contribution is -2.32. The van der Waals surface area contributed by atoms with Gasteiger partial charge in [0.15, 0.2) is 0 Å². The Balaban J connectivity index is 1.82. The maximum absolute atomic E-state index is 9.22. The van der Waals surface area contributed by atoms with E-state index in [9.17, 15) is 5.11 Å². The van der Waals surface area contributed by atoms with Crippen LogP contribution in [-0.2, 0) is 13.0 Å². The van der Waals surface area contributed by atoms with Crippen LogP contribution in [0.25, 0.3) is 0 Å². The molecule has 1 aliphatic rings. The second kappa shape index (κ2) is 7.07. The van der Waals surface area contributed by atoms with Crippen LogP contribution in [0.1, 0.15) is 47.9 Å². The summed E-state index contributed by atoms with van der Waals surface area (Å²) < 4.78 is 5.20. The third-order valence-electron chi connectivity index (χ3n) is 4.42. The van der Waals surface area contributed by atoms with E-state index in [1.807, 2.05) is 13.0 Å². The van der Waals surface area contributed by atoms with E-state index in [1.165, 1.54) is 30.4 Å². The van der Waals surface area contributed by atoms with Crippen LogP contribution in [0.2, 0.25) is 0 Å². The van der Waals surface area contributed by atoms with E-state index in [0.29, 0.717) is 6.04 Å². The summed E-state index contributed by atoms with van der Waals surface area (Å²) in [6.07, 6.45) is 4.34. The molecule has 2 aromatic rings. The number of hydrogen-bond donors (Lipinski definition) is 1. The van der Waals surface area contributed by atoms with Crippen LogP contribution in [0.3, 0.4) is 0 Å². The SMILES string of the molecule is Cc1cc(CN(CCCO)C2CCCc3ccccc32)no1. The average Bonchev–Trinajstić information content (AvgIpc) is 2.96. The van der Waals surface area contributed by atoms with Gasteiger partial charge in [0, 0.05) is 31.8 Å². The fourth-order valence-electron chi connectivity index (χ4n) is 3.43. The van der Waals surface area contributed by atoms with Gasteiger partial charge in [-0.25, -0.2) is 0 Å². The minimum absolute atomic E-state index is 0.225. The topological polar surface area (TPSA) is 49.5 Å². The van der Waals surface area contributed by atoms with Crippen LogP contribution in [0, 0.1) is 6.92 Å². The zero-order valence-electron chi connectivity index (χ0n) is 13.2. The van der Waals surface area contributed by atoms with Crippen LogP contribution >= 0.6 is 0 Å². The van der Waals surface area contributed by atoms with Crippen molar-refractivity contribution in [2.75, 3.05) is 13.2 Å². The van der Waals surface area contributed by atoms with Crippen LogP contribution < -0.4 is 0 Å². The first-order chi connectivity index (χ1) is 10.8. The lowest BCUT2D eigenvalue weighted by Gasteiger charge is -2.35. The zero-order chi connectivity index (χ0) is 15.4. The maximum atomic E-state index is 9.22. The van der Waals surface area contributed by atoms with Gasteiger partial charge in [-0.05, 0) is 43.7 Å². The van der Waals surface area contributed by atoms with Crippen molar-refractivity contribution in [1.82, 2.24) is 10.1 Å². The molecule has 0 bridgehead atoms. The molecule has 1 N–H and O–H groups in total. The van der Waals surface area contributed by atoms with Crippen LogP contribution in [0.5, 0.6) is 0 Å². The summed E-state index contributed by atoms with van der Waals surface area (Å²) >= 11 is 0. The highest BCUT2D eigenvalue weighted by Gasteiger charge is 2.26. The van der Waals surface area contributed by atoms with E-state index in [2.05, 4.69) is 34.3 Å². The van der Waals surface area contributed by atoms with E-state index in [0.717, 1.165) is 31.0 Å².